The van der Waals surface area contributed by atoms with Gasteiger partial charge < -0.3 is 26.4 Å². The minimum atomic E-state index is -0.0677. The van der Waals surface area contributed by atoms with Crippen LogP contribution < -0.4 is 30.4 Å². The van der Waals surface area contributed by atoms with Crippen molar-refractivity contribution in [1.82, 2.24) is 24.1 Å². The van der Waals surface area contributed by atoms with Gasteiger partial charge in [-0.1, -0.05) is 10.2 Å². The smallest absolute Gasteiger partial charge is 0.395 e. The Balaban J connectivity index is 1.09. The standard InChI is InChI=1S/C33H35N15O/c1-45-18-19-46(2)32(45)43-41-27-13-9-24(10-14-27)35-23-5-7-25(8-6-23)36-30-38-29(34-17-22-49)39-31(40-30)37-26-11-15-28(16-12-26)42-44-33-47(3)20-21-48(33)4/h5-16,18-21,49H,17,22H2,1-4H3,(H2,34,36,38,39,40,41)/p+2. The molecule has 6 rings (SSSR count). The second-order valence-corrected chi connectivity index (χ2v) is 11.0. The predicted molar refractivity (Wildman–Crippen MR) is 186 cm³/mol. The number of azo groups is 2. The fourth-order valence-electron chi connectivity index (χ4n) is 4.67. The molecular weight excluding hydrogens is 622 g/mol. The normalized spacial score (nSPS) is 11.4. The fourth-order valence-corrected chi connectivity index (χ4v) is 4.67. The second kappa shape index (κ2) is 14.9. The summed E-state index contributed by atoms with van der Waals surface area (Å²) in [5, 5.41) is 39.5. The lowest BCUT2D eigenvalue weighted by Crippen LogP contribution is -2.25. The van der Waals surface area contributed by atoms with Crippen molar-refractivity contribution >= 4 is 63.9 Å². The van der Waals surface area contributed by atoms with Crippen LogP contribution in [0.5, 0.6) is 0 Å². The number of benzene rings is 3. The molecule has 6 aromatic rings. The molecule has 0 saturated heterocycles. The number of imidazole rings is 2. The lowest BCUT2D eigenvalue weighted by atomic mass is 10.2. The first-order valence-corrected chi connectivity index (χ1v) is 15.4. The van der Waals surface area contributed by atoms with E-state index >= 15 is 0 Å². The van der Waals surface area contributed by atoms with E-state index in [9.17, 15) is 5.11 Å². The summed E-state index contributed by atoms with van der Waals surface area (Å²) in [7, 11) is 7.69. The molecule has 16 nitrogen and oxygen atoms in total. The maximum atomic E-state index is 9.32. The summed E-state index contributed by atoms with van der Waals surface area (Å²) < 4.78 is 7.59. The number of anilines is 7. The van der Waals surface area contributed by atoms with E-state index in [0.29, 0.717) is 23.5 Å². The number of nitrogens with one attached hydrogen (secondary N) is 4. The lowest BCUT2D eigenvalue weighted by molar-refractivity contribution is -0.657. The molecule has 0 aliphatic rings. The van der Waals surface area contributed by atoms with Gasteiger partial charge in [0.1, 0.15) is 11.4 Å². The Morgan fingerprint density at radius 2 is 0.959 bits per heavy atom. The van der Waals surface area contributed by atoms with Gasteiger partial charge in [0.15, 0.2) is 0 Å². The van der Waals surface area contributed by atoms with Crippen molar-refractivity contribution in [2.75, 3.05) is 34.4 Å². The third-order valence-corrected chi connectivity index (χ3v) is 7.25. The van der Waals surface area contributed by atoms with E-state index in [4.69, 9.17) is 0 Å². The summed E-state index contributed by atoms with van der Waals surface area (Å²) >= 11 is 0. The predicted octanol–water partition coefficient (Wildman–Crippen LogP) is 5.66. The van der Waals surface area contributed by atoms with Crippen LogP contribution in [0.1, 0.15) is 0 Å². The minimum absolute atomic E-state index is 0.0677. The van der Waals surface area contributed by atoms with E-state index in [-0.39, 0.29) is 13.2 Å². The molecule has 0 aliphatic heterocycles. The molecule has 49 heavy (non-hydrogen) atoms. The van der Waals surface area contributed by atoms with Crippen molar-refractivity contribution in [3.8, 4) is 0 Å². The molecule has 16 heteroatoms. The molecule has 3 aromatic heterocycles. The number of nitrogens with zero attached hydrogens (tertiary/aromatic N) is 11. The average Bonchev–Trinajstić information content (AvgIpc) is 3.61. The number of aromatic nitrogens is 7. The van der Waals surface area contributed by atoms with Crippen molar-refractivity contribution < 1.29 is 14.2 Å². The minimum Gasteiger partial charge on any atom is -0.395 e. The van der Waals surface area contributed by atoms with Gasteiger partial charge in [0, 0.05) is 39.5 Å². The van der Waals surface area contributed by atoms with Crippen molar-refractivity contribution in [1.29, 1.82) is 0 Å². The molecular formula is C33H37N15O+2. The third kappa shape index (κ3) is 8.44. The van der Waals surface area contributed by atoms with Crippen LogP contribution in [0.3, 0.4) is 0 Å². The Morgan fingerprint density at radius 1 is 0.571 bits per heavy atom. The summed E-state index contributed by atoms with van der Waals surface area (Å²) in [5.41, 5.74) is 4.80. The van der Waals surface area contributed by atoms with Gasteiger partial charge in [-0.3, -0.25) is 0 Å². The van der Waals surface area contributed by atoms with Gasteiger partial charge in [-0.25, -0.2) is 18.3 Å². The molecule has 248 valence electrons. The monoisotopic (exact) mass is 659 g/mol. The Kier molecular flexibility index (Phi) is 9.85. The molecule has 3 heterocycles. The zero-order valence-electron chi connectivity index (χ0n) is 27.5. The van der Waals surface area contributed by atoms with Gasteiger partial charge in [0.25, 0.3) is 0 Å². The Labute approximate surface area is 282 Å². The molecule has 0 saturated carbocycles. The number of aryl methyl sites for hydroxylation is 4. The van der Waals surface area contributed by atoms with Crippen LogP contribution in [0.25, 0.3) is 0 Å². The van der Waals surface area contributed by atoms with Crippen molar-refractivity contribution in [3.63, 3.8) is 0 Å². The number of rotatable bonds is 13. The maximum Gasteiger partial charge on any atom is 0.421 e. The summed E-state index contributed by atoms with van der Waals surface area (Å²) in [6, 6.07) is 22.9. The van der Waals surface area contributed by atoms with Crippen molar-refractivity contribution in [2.24, 2.45) is 48.6 Å². The number of aliphatic hydroxyl groups excluding tert-OH is 1. The molecule has 5 N–H and O–H groups in total. The zero-order chi connectivity index (χ0) is 34.2. The van der Waals surface area contributed by atoms with Crippen LogP contribution in [0.2, 0.25) is 0 Å². The van der Waals surface area contributed by atoms with E-state index in [0.717, 1.165) is 40.3 Å². The average molecular weight is 660 g/mol. The molecule has 0 radical (unpaired) electrons. The van der Waals surface area contributed by atoms with Crippen LogP contribution in [0.4, 0.5) is 63.9 Å². The van der Waals surface area contributed by atoms with Gasteiger partial charge in [0.05, 0.1) is 59.6 Å². The Hall–Kier alpha value is -6.55. The van der Waals surface area contributed by atoms with Gasteiger partial charge in [-0.15, -0.1) is 0 Å². The first-order valence-electron chi connectivity index (χ1n) is 15.4. The zero-order valence-corrected chi connectivity index (χ0v) is 27.5. The number of aliphatic hydroxyl groups is 1. The highest BCUT2D eigenvalue weighted by molar-refractivity contribution is 5.66. The van der Waals surface area contributed by atoms with Crippen LogP contribution in [0.15, 0.2) is 118 Å². The third-order valence-electron chi connectivity index (χ3n) is 7.25. The highest BCUT2D eigenvalue weighted by Crippen LogP contribution is 2.25. The van der Waals surface area contributed by atoms with Crippen LogP contribution in [0, 0.1) is 0 Å². The fraction of sp³-hybridized carbons (Fsp3) is 0.182. The molecule has 3 aromatic carbocycles. The van der Waals surface area contributed by atoms with Crippen LogP contribution in [-0.4, -0.2) is 42.3 Å². The SMILES string of the molecule is Cn1cc[n+](C)c1N=Nc1ccc(Nc2ccc(Nc3nc(NCCO)nc(Nc4ccc(N=Nc5n(C)cc[n+]5C)cc4)n3)cc2)cc1. The topological polar surface area (TPSA) is 174 Å². The maximum absolute atomic E-state index is 9.32. The number of hydrogen-bond donors (Lipinski definition) is 5. The Bertz CT molecular complexity index is 2030. The van der Waals surface area contributed by atoms with Crippen LogP contribution >= 0.6 is 0 Å². The molecule has 0 spiro atoms. The Morgan fingerprint density at radius 3 is 1.35 bits per heavy atom. The summed E-state index contributed by atoms with van der Waals surface area (Å²) in [4.78, 5) is 13.5. The molecule has 0 atom stereocenters. The summed E-state index contributed by atoms with van der Waals surface area (Å²) in [5.74, 6) is 2.44. The van der Waals surface area contributed by atoms with Crippen LogP contribution in [-0.2, 0) is 28.2 Å². The summed E-state index contributed by atoms with van der Waals surface area (Å²) in [6.07, 6.45) is 7.69. The molecule has 0 fully saturated rings. The largest absolute Gasteiger partial charge is 0.421 e. The van der Waals surface area contributed by atoms with E-state index in [1.54, 1.807) is 0 Å². The quantitative estimate of drug-likeness (QED) is 0.0780. The van der Waals surface area contributed by atoms with Gasteiger partial charge in [-0.05, 0) is 72.8 Å². The number of hydrogen-bond acceptors (Lipinski definition) is 12. The van der Waals surface area contributed by atoms with Gasteiger partial charge >= 0.3 is 11.9 Å². The first-order chi connectivity index (χ1) is 23.8. The van der Waals surface area contributed by atoms with E-state index < -0.39 is 0 Å². The molecule has 0 bridgehead atoms. The molecule has 0 amide bonds. The van der Waals surface area contributed by atoms with Gasteiger partial charge in [0.2, 0.25) is 17.8 Å². The first kappa shape index (κ1) is 32.4. The lowest BCUT2D eigenvalue weighted by Gasteiger charge is -2.12. The molecule has 0 aliphatic carbocycles. The molecule has 0 unspecified atom stereocenters. The second-order valence-electron chi connectivity index (χ2n) is 11.0. The van der Waals surface area contributed by atoms with Crippen molar-refractivity contribution in [3.05, 3.63) is 97.6 Å². The summed E-state index contributed by atoms with van der Waals surface area (Å²) in [6.45, 7) is 0.221. The van der Waals surface area contributed by atoms with E-state index in [1.165, 1.54) is 0 Å². The van der Waals surface area contributed by atoms with Crippen molar-refractivity contribution in [2.45, 2.75) is 0 Å². The van der Waals surface area contributed by atoms with E-state index in [2.05, 4.69) is 56.7 Å². The van der Waals surface area contributed by atoms with Gasteiger partial charge in [-0.2, -0.15) is 15.0 Å². The highest BCUT2D eigenvalue weighted by atomic mass is 16.3. The van der Waals surface area contributed by atoms with E-state index in [1.807, 2.05) is 144 Å². The highest BCUT2D eigenvalue weighted by Gasteiger charge is 2.12.